The monoisotopic (exact) mass is 377 g/mol. The van der Waals surface area contributed by atoms with Crippen LogP contribution in [0.15, 0.2) is 42.2 Å². The van der Waals surface area contributed by atoms with Crippen molar-refractivity contribution in [2.75, 3.05) is 19.1 Å². The zero-order chi connectivity index (χ0) is 19.0. The fourth-order valence-electron chi connectivity index (χ4n) is 2.63. The Balaban J connectivity index is 2.05. The highest BCUT2D eigenvalue weighted by Crippen LogP contribution is 2.36. The molecule has 1 N–H and O–H groups in total. The molecule has 0 aliphatic carbocycles. The molecule has 0 fully saturated rings. The minimum atomic E-state index is -0.928. The van der Waals surface area contributed by atoms with E-state index in [1.54, 1.807) is 6.07 Å². The van der Waals surface area contributed by atoms with Gasteiger partial charge in [0.2, 0.25) is 0 Å². The predicted octanol–water partition coefficient (Wildman–Crippen LogP) is 3.34. The van der Waals surface area contributed by atoms with Gasteiger partial charge in [-0.2, -0.15) is 0 Å². The molecule has 0 saturated heterocycles. The van der Waals surface area contributed by atoms with Gasteiger partial charge in [0.05, 0.1) is 30.5 Å². The van der Waals surface area contributed by atoms with Gasteiger partial charge in [-0.15, -0.1) is 0 Å². The second kappa shape index (κ2) is 6.68. The largest absolute Gasteiger partial charge is 0.502 e. The van der Waals surface area contributed by atoms with Gasteiger partial charge in [0, 0.05) is 0 Å². The van der Waals surface area contributed by atoms with Gasteiger partial charge in [-0.05, 0) is 35.9 Å². The van der Waals surface area contributed by atoms with Crippen molar-refractivity contribution in [3.63, 3.8) is 0 Å². The number of anilines is 1. The first kappa shape index (κ1) is 17.8. The van der Waals surface area contributed by atoms with E-state index < -0.39 is 23.4 Å². The first-order valence-electron chi connectivity index (χ1n) is 7.38. The van der Waals surface area contributed by atoms with Gasteiger partial charge in [-0.25, -0.2) is 9.29 Å². The van der Waals surface area contributed by atoms with Crippen molar-refractivity contribution < 1.29 is 28.6 Å². The second-order valence-electron chi connectivity index (χ2n) is 5.34. The Kier molecular flexibility index (Phi) is 4.56. The minimum Gasteiger partial charge on any atom is -0.502 e. The summed E-state index contributed by atoms with van der Waals surface area (Å²) in [6.07, 6.45) is 0. The number of methoxy groups -OCH3 is 2. The minimum absolute atomic E-state index is 0.0495. The summed E-state index contributed by atoms with van der Waals surface area (Å²) in [5.74, 6) is -2.34. The Morgan fingerprint density at radius 2 is 1.69 bits per heavy atom. The number of halogens is 2. The number of rotatable bonds is 4. The van der Waals surface area contributed by atoms with Gasteiger partial charge in [-0.3, -0.25) is 9.59 Å². The smallest absolute Gasteiger partial charge is 0.301 e. The zero-order valence-corrected chi connectivity index (χ0v) is 14.5. The fourth-order valence-corrected chi connectivity index (χ4v) is 2.80. The van der Waals surface area contributed by atoms with Crippen molar-refractivity contribution >= 4 is 34.7 Å². The van der Waals surface area contributed by atoms with Gasteiger partial charge in [0.1, 0.15) is 5.82 Å². The molecule has 1 aliphatic rings. The molecule has 6 nitrogen and oxygen atoms in total. The van der Waals surface area contributed by atoms with E-state index in [1.165, 1.54) is 32.4 Å². The number of imide groups is 1. The Bertz CT molecular complexity index is 957. The Hall–Kier alpha value is -3.06. The van der Waals surface area contributed by atoms with Crippen LogP contribution in [0.4, 0.5) is 10.1 Å². The summed E-state index contributed by atoms with van der Waals surface area (Å²) in [6.45, 7) is 0. The molecule has 2 aromatic carbocycles. The van der Waals surface area contributed by atoms with E-state index in [9.17, 15) is 19.1 Å². The van der Waals surface area contributed by atoms with Gasteiger partial charge in [-0.1, -0.05) is 17.7 Å². The molecule has 0 bridgehead atoms. The third-order valence-electron chi connectivity index (χ3n) is 3.89. The number of aliphatic hydroxyl groups is 1. The van der Waals surface area contributed by atoms with Crippen LogP contribution in [-0.4, -0.2) is 31.1 Å². The molecule has 0 spiro atoms. The van der Waals surface area contributed by atoms with E-state index in [0.29, 0.717) is 11.5 Å². The van der Waals surface area contributed by atoms with Crippen LogP contribution < -0.4 is 14.4 Å². The number of ether oxygens (including phenoxy) is 2. The number of aliphatic hydroxyl groups excluding tert-OH is 1. The lowest BCUT2D eigenvalue weighted by Gasteiger charge is -2.15. The maximum Gasteiger partial charge on any atom is 0.301 e. The van der Waals surface area contributed by atoms with Crippen molar-refractivity contribution in [2.45, 2.75) is 0 Å². The summed E-state index contributed by atoms with van der Waals surface area (Å²) in [4.78, 5) is 25.9. The van der Waals surface area contributed by atoms with Crippen molar-refractivity contribution in [1.29, 1.82) is 0 Å². The predicted molar refractivity (Wildman–Crippen MR) is 93.0 cm³/mol. The van der Waals surface area contributed by atoms with Crippen LogP contribution in [0.25, 0.3) is 5.57 Å². The van der Waals surface area contributed by atoms with Crippen LogP contribution in [0, 0.1) is 5.82 Å². The molecule has 2 aromatic rings. The van der Waals surface area contributed by atoms with Crippen LogP contribution in [0.2, 0.25) is 5.02 Å². The normalized spacial score (nSPS) is 14.2. The molecule has 0 unspecified atom stereocenters. The summed E-state index contributed by atoms with van der Waals surface area (Å²) < 4.78 is 23.7. The summed E-state index contributed by atoms with van der Waals surface area (Å²) in [7, 11) is 2.88. The first-order chi connectivity index (χ1) is 12.4. The number of carbonyl (C=O) groups excluding carboxylic acids is 2. The summed E-state index contributed by atoms with van der Waals surface area (Å²) in [5, 5.41) is 9.97. The molecule has 134 valence electrons. The molecule has 0 saturated carbocycles. The van der Waals surface area contributed by atoms with Crippen molar-refractivity contribution in [3.05, 3.63) is 58.6 Å². The average Bonchev–Trinajstić information content (AvgIpc) is 2.86. The number of carbonyl (C=O) groups is 2. The van der Waals surface area contributed by atoms with Crippen LogP contribution >= 0.6 is 11.6 Å². The van der Waals surface area contributed by atoms with Crippen LogP contribution in [-0.2, 0) is 9.59 Å². The third-order valence-corrected chi connectivity index (χ3v) is 4.18. The third kappa shape index (κ3) is 2.76. The van der Waals surface area contributed by atoms with E-state index in [2.05, 4.69) is 0 Å². The zero-order valence-electron chi connectivity index (χ0n) is 13.7. The highest BCUT2D eigenvalue weighted by molar-refractivity contribution is 6.45. The number of hydrogen-bond donors (Lipinski definition) is 1. The van der Waals surface area contributed by atoms with E-state index in [1.807, 2.05) is 0 Å². The van der Waals surface area contributed by atoms with Crippen LogP contribution in [0.3, 0.4) is 0 Å². The number of nitrogens with zero attached hydrogens (tertiary/aromatic N) is 1. The lowest BCUT2D eigenvalue weighted by Crippen LogP contribution is -2.31. The van der Waals surface area contributed by atoms with Crippen molar-refractivity contribution in [2.24, 2.45) is 0 Å². The Morgan fingerprint density at radius 1 is 1.00 bits per heavy atom. The second-order valence-corrected chi connectivity index (χ2v) is 5.74. The van der Waals surface area contributed by atoms with Gasteiger partial charge < -0.3 is 14.6 Å². The van der Waals surface area contributed by atoms with Crippen molar-refractivity contribution in [1.82, 2.24) is 0 Å². The van der Waals surface area contributed by atoms with E-state index in [-0.39, 0.29) is 21.8 Å². The Morgan fingerprint density at radius 3 is 2.31 bits per heavy atom. The quantitative estimate of drug-likeness (QED) is 0.827. The lowest BCUT2D eigenvalue weighted by molar-refractivity contribution is -0.121. The molecule has 0 atom stereocenters. The summed E-state index contributed by atoms with van der Waals surface area (Å²) in [6, 6.07) is 7.92. The summed E-state index contributed by atoms with van der Waals surface area (Å²) in [5.41, 5.74) is 0.124. The molecule has 8 heteroatoms. The van der Waals surface area contributed by atoms with E-state index >= 15 is 0 Å². The maximum atomic E-state index is 13.3. The van der Waals surface area contributed by atoms with E-state index in [4.69, 9.17) is 21.1 Å². The number of benzene rings is 2. The van der Waals surface area contributed by atoms with Gasteiger partial charge in [0.15, 0.2) is 17.3 Å². The van der Waals surface area contributed by atoms with Crippen LogP contribution in [0.5, 0.6) is 11.5 Å². The highest BCUT2D eigenvalue weighted by Gasteiger charge is 2.40. The molecule has 26 heavy (non-hydrogen) atoms. The molecule has 2 amide bonds. The Labute approximate surface area is 153 Å². The maximum absolute atomic E-state index is 13.3. The molecule has 0 aromatic heterocycles. The molecule has 1 heterocycles. The standard InChI is InChI=1S/C18H13ClFNO5/c1-25-13-6-3-9(7-14(13)26-2)15-16(22)18(24)21(17(15)23)10-4-5-12(20)11(19)8-10/h3-8,22H,1-2H3. The van der Waals surface area contributed by atoms with Crippen molar-refractivity contribution in [3.8, 4) is 11.5 Å². The van der Waals surface area contributed by atoms with Gasteiger partial charge >= 0.3 is 5.91 Å². The van der Waals surface area contributed by atoms with Crippen LogP contribution in [0.1, 0.15) is 5.56 Å². The molecular weight excluding hydrogens is 365 g/mol. The summed E-state index contributed by atoms with van der Waals surface area (Å²) >= 11 is 5.72. The number of hydrogen-bond acceptors (Lipinski definition) is 5. The SMILES string of the molecule is COc1ccc(C2=C(O)C(=O)N(c3ccc(F)c(Cl)c3)C2=O)cc1OC. The fraction of sp³-hybridized carbons (Fsp3) is 0.111. The molecule has 1 aliphatic heterocycles. The highest BCUT2D eigenvalue weighted by atomic mass is 35.5. The first-order valence-corrected chi connectivity index (χ1v) is 7.76. The van der Waals surface area contributed by atoms with E-state index in [0.717, 1.165) is 17.0 Å². The molecular formula is C18H13ClFNO5. The molecule has 3 rings (SSSR count). The topological polar surface area (TPSA) is 76.1 Å². The number of amides is 2. The lowest BCUT2D eigenvalue weighted by atomic mass is 10.0. The molecule has 0 radical (unpaired) electrons. The van der Waals surface area contributed by atoms with Gasteiger partial charge in [0.25, 0.3) is 5.91 Å². The average molecular weight is 378 g/mol.